The van der Waals surface area contributed by atoms with Crippen molar-refractivity contribution in [2.45, 2.75) is 63.8 Å². The van der Waals surface area contributed by atoms with Crippen molar-refractivity contribution in [3.05, 3.63) is 24.2 Å². The van der Waals surface area contributed by atoms with E-state index in [1.54, 1.807) is 6.20 Å². The van der Waals surface area contributed by atoms with Crippen LogP contribution in [0, 0.1) is 11.8 Å². The monoisotopic (exact) mass is 423 g/mol. The summed E-state index contributed by atoms with van der Waals surface area (Å²) < 4.78 is 2.07. The van der Waals surface area contributed by atoms with E-state index < -0.39 is 0 Å². The fourth-order valence-corrected chi connectivity index (χ4v) is 5.79. The minimum Gasteiger partial charge on any atom is -0.342 e. The molecule has 0 aromatic carbocycles. The largest absolute Gasteiger partial charge is 0.342 e. The van der Waals surface area contributed by atoms with Crippen molar-refractivity contribution in [1.82, 2.24) is 24.3 Å². The number of imidazole rings is 1. The number of carbonyl (C=O) groups is 2. The molecule has 166 valence electrons. The fraction of sp³-hybridized carbons (Fsp3) is 0.667. The first-order chi connectivity index (χ1) is 15.1. The van der Waals surface area contributed by atoms with Gasteiger partial charge in [0.25, 0.3) is 0 Å². The highest BCUT2D eigenvalue weighted by atomic mass is 16.2. The molecule has 3 aliphatic rings. The van der Waals surface area contributed by atoms with Crippen LogP contribution in [0.4, 0.5) is 0 Å². The number of aryl methyl sites for hydroxylation is 1. The van der Waals surface area contributed by atoms with E-state index in [0.717, 1.165) is 55.8 Å². The number of fused-ring (bicyclic) bond motifs is 1. The van der Waals surface area contributed by atoms with Gasteiger partial charge in [0, 0.05) is 51.8 Å². The van der Waals surface area contributed by atoms with E-state index in [1.165, 1.54) is 25.7 Å². The average molecular weight is 424 g/mol. The van der Waals surface area contributed by atoms with Crippen LogP contribution < -0.4 is 0 Å². The molecule has 31 heavy (non-hydrogen) atoms. The zero-order valence-electron chi connectivity index (χ0n) is 18.5. The maximum Gasteiger partial charge on any atom is 0.228 e. The summed E-state index contributed by atoms with van der Waals surface area (Å²) in [5.41, 5.74) is 1.83. The van der Waals surface area contributed by atoms with E-state index in [1.807, 2.05) is 29.0 Å². The molecule has 0 N–H and O–H groups in total. The van der Waals surface area contributed by atoms with E-state index in [2.05, 4.69) is 9.55 Å². The summed E-state index contributed by atoms with van der Waals surface area (Å²) >= 11 is 0. The molecule has 0 bridgehead atoms. The van der Waals surface area contributed by atoms with Gasteiger partial charge in [-0.3, -0.25) is 9.59 Å². The summed E-state index contributed by atoms with van der Waals surface area (Å²) in [4.78, 5) is 39.1. The van der Waals surface area contributed by atoms with Crippen molar-refractivity contribution in [3.8, 4) is 0 Å². The van der Waals surface area contributed by atoms with E-state index in [0.29, 0.717) is 24.9 Å². The Balaban J connectivity index is 1.19. The Hall–Kier alpha value is -2.44. The van der Waals surface area contributed by atoms with E-state index in [9.17, 15) is 9.59 Å². The Morgan fingerprint density at radius 3 is 2.71 bits per heavy atom. The van der Waals surface area contributed by atoms with Gasteiger partial charge in [-0.25, -0.2) is 9.97 Å². The van der Waals surface area contributed by atoms with Gasteiger partial charge in [0.1, 0.15) is 11.3 Å². The molecule has 4 heterocycles. The summed E-state index contributed by atoms with van der Waals surface area (Å²) in [6, 6.07) is 4.26. The number of carbonyl (C=O) groups excluding carboxylic acids is 2. The van der Waals surface area contributed by atoms with Gasteiger partial charge in [-0.05, 0) is 37.3 Å². The molecule has 2 aromatic heterocycles. The second-order valence-corrected chi connectivity index (χ2v) is 9.67. The third kappa shape index (κ3) is 4.06. The average Bonchev–Trinajstić information content (AvgIpc) is 3.41. The summed E-state index contributed by atoms with van der Waals surface area (Å²) in [6.07, 6.45) is 11.2. The number of hydrogen-bond acceptors (Lipinski definition) is 4. The molecule has 0 radical (unpaired) electrons. The number of amides is 2. The minimum atomic E-state index is -0.158. The van der Waals surface area contributed by atoms with Gasteiger partial charge in [0.15, 0.2) is 5.65 Å². The second kappa shape index (κ2) is 8.60. The summed E-state index contributed by atoms with van der Waals surface area (Å²) in [6.45, 7) is 2.18. The molecule has 1 aliphatic carbocycles. The van der Waals surface area contributed by atoms with Crippen LogP contribution in [0.3, 0.4) is 0 Å². The molecule has 0 spiro atoms. The third-order valence-corrected chi connectivity index (χ3v) is 7.56. The van der Waals surface area contributed by atoms with Crippen molar-refractivity contribution < 1.29 is 9.59 Å². The van der Waals surface area contributed by atoms with Crippen LogP contribution in [0.1, 0.15) is 57.2 Å². The first-order valence-corrected chi connectivity index (χ1v) is 11.9. The predicted octanol–water partition coefficient (Wildman–Crippen LogP) is 2.93. The highest BCUT2D eigenvalue weighted by molar-refractivity contribution is 5.89. The lowest BCUT2D eigenvalue weighted by molar-refractivity contribution is -0.135. The maximum absolute atomic E-state index is 13.2. The normalized spacial score (nSPS) is 25.5. The fourth-order valence-electron chi connectivity index (χ4n) is 5.79. The van der Waals surface area contributed by atoms with Gasteiger partial charge in [0.2, 0.25) is 11.8 Å². The smallest absolute Gasteiger partial charge is 0.228 e. The van der Waals surface area contributed by atoms with Crippen molar-refractivity contribution in [3.63, 3.8) is 0 Å². The molecule has 2 aliphatic heterocycles. The van der Waals surface area contributed by atoms with Crippen LogP contribution in [0.5, 0.6) is 0 Å². The Labute approximate surface area is 183 Å². The Morgan fingerprint density at radius 2 is 1.94 bits per heavy atom. The lowest BCUT2D eigenvalue weighted by atomic mass is 10.0. The SMILES string of the molecule is Cn1c(C[C@@H]2CCN(C(=O)[C@@H]3CC(=O)N(C4CCCCCC4)C3)C2)nc2cccnc21. The maximum atomic E-state index is 13.2. The molecule has 7 heteroatoms. The molecule has 0 unspecified atom stereocenters. The first-order valence-electron chi connectivity index (χ1n) is 11.9. The number of nitrogens with zero attached hydrogens (tertiary/aromatic N) is 5. The number of aromatic nitrogens is 3. The van der Waals surface area contributed by atoms with Crippen molar-refractivity contribution in [2.75, 3.05) is 19.6 Å². The van der Waals surface area contributed by atoms with Gasteiger partial charge < -0.3 is 14.4 Å². The number of hydrogen-bond donors (Lipinski definition) is 0. The number of rotatable bonds is 4. The number of likely N-dealkylation sites (tertiary alicyclic amines) is 2. The molecule has 2 amide bonds. The summed E-state index contributed by atoms with van der Waals surface area (Å²) in [5.74, 6) is 1.65. The molecule has 2 saturated heterocycles. The molecule has 2 atom stereocenters. The second-order valence-electron chi connectivity index (χ2n) is 9.67. The molecule has 2 aromatic rings. The van der Waals surface area contributed by atoms with Crippen LogP contribution in [0.2, 0.25) is 0 Å². The Kier molecular flexibility index (Phi) is 5.67. The highest BCUT2D eigenvalue weighted by Gasteiger charge is 2.41. The standard InChI is InChI=1S/C24H33N5O2/c1-27-21(26-20-9-6-11-25-23(20)27)13-17-10-12-28(15-17)24(31)18-14-22(30)29(16-18)19-7-4-2-3-5-8-19/h6,9,11,17-19H,2-5,7-8,10,12-16H2,1H3/t17-,18+/m0/s1. The van der Waals surface area contributed by atoms with Gasteiger partial charge in [0.05, 0.1) is 5.92 Å². The van der Waals surface area contributed by atoms with E-state index in [4.69, 9.17) is 4.98 Å². The van der Waals surface area contributed by atoms with Gasteiger partial charge in [-0.15, -0.1) is 0 Å². The van der Waals surface area contributed by atoms with E-state index >= 15 is 0 Å². The Morgan fingerprint density at radius 1 is 1.13 bits per heavy atom. The van der Waals surface area contributed by atoms with E-state index in [-0.39, 0.29) is 17.7 Å². The quantitative estimate of drug-likeness (QED) is 0.709. The van der Waals surface area contributed by atoms with Crippen molar-refractivity contribution >= 4 is 23.0 Å². The minimum absolute atomic E-state index is 0.158. The van der Waals surface area contributed by atoms with Crippen molar-refractivity contribution in [1.29, 1.82) is 0 Å². The Bertz CT molecular complexity index is 962. The summed E-state index contributed by atoms with van der Waals surface area (Å²) in [7, 11) is 2.02. The lowest BCUT2D eigenvalue weighted by Gasteiger charge is -2.27. The highest BCUT2D eigenvalue weighted by Crippen LogP contribution is 2.30. The van der Waals surface area contributed by atoms with Crippen LogP contribution in [-0.4, -0.2) is 61.8 Å². The van der Waals surface area contributed by atoms with Gasteiger partial charge in [-0.2, -0.15) is 0 Å². The predicted molar refractivity (Wildman–Crippen MR) is 118 cm³/mol. The topological polar surface area (TPSA) is 71.3 Å². The van der Waals surface area contributed by atoms with Gasteiger partial charge in [-0.1, -0.05) is 25.7 Å². The van der Waals surface area contributed by atoms with Gasteiger partial charge >= 0.3 is 0 Å². The molecule has 1 saturated carbocycles. The zero-order chi connectivity index (χ0) is 21.4. The molecule has 5 rings (SSSR count). The molecule has 7 nitrogen and oxygen atoms in total. The number of pyridine rings is 1. The zero-order valence-corrected chi connectivity index (χ0v) is 18.5. The first kappa shape index (κ1) is 20.5. The molecule has 3 fully saturated rings. The lowest BCUT2D eigenvalue weighted by Crippen LogP contribution is -2.39. The third-order valence-electron chi connectivity index (χ3n) is 7.56. The van der Waals surface area contributed by atoms with Crippen LogP contribution in [0.15, 0.2) is 18.3 Å². The molecular weight excluding hydrogens is 390 g/mol. The van der Waals surface area contributed by atoms with Crippen LogP contribution >= 0.6 is 0 Å². The van der Waals surface area contributed by atoms with Crippen LogP contribution in [0.25, 0.3) is 11.2 Å². The summed E-state index contributed by atoms with van der Waals surface area (Å²) in [5, 5.41) is 0. The van der Waals surface area contributed by atoms with Crippen molar-refractivity contribution in [2.24, 2.45) is 18.9 Å². The van der Waals surface area contributed by atoms with Crippen LogP contribution in [-0.2, 0) is 23.1 Å². The molecular formula is C24H33N5O2.